The van der Waals surface area contributed by atoms with Gasteiger partial charge in [0.1, 0.15) is 5.75 Å². The Morgan fingerprint density at radius 1 is 0.902 bits per heavy atom. The van der Waals surface area contributed by atoms with Crippen LogP contribution in [0.25, 0.3) is 0 Å². The number of nitrogens with one attached hydrogen (secondary N) is 2. The van der Waals surface area contributed by atoms with Crippen LogP contribution in [-0.2, 0) is 12.4 Å². The molecule has 1 atom stereocenters. The number of hydrogen-bond acceptors (Lipinski definition) is 6. The number of anilines is 2. The molecule has 1 fully saturated rings. The van der Waals surface area contributed by atoms with E-state index in [-0.39, 0.29) is 22.7 Å². The molecule has 1 aliphatic heterocycles. The summed E-state index contributed by atoms with van der Waals surface area (Å²) in [6.07, 6.45) is -6.77. The molecule has 0 radical (unpaired) electrons. The lowest BCUT2D eigenvalue weighted by Gasteiger charge is -2.31. The molecule has 0 aromatic heterocycles. The fourth-order valence-corrected chi connectivity index (χ4v) is 4.38. The van der Waals surface area contributed by atoms with Gasteiger partial charge in [0.15, 0.2) is 17.2 Å². The van der Waals surface area contributed by atoms with Crippen molar-refractivity contribution in [2.75, 3.05) is 30.4 Å². The second-order valence-corrected chi connectivity index (χ2v) is 9.25. The van der Waals surface area contributed by atoms with E-state index in [2.05, 4.69) is 5.32 Å². The van der Waals surface area contributed by atoms with Gasteiger partial charge in [-0.3, -0.25) is 4.79 Å². The largest absolute Gasteiger partial charge is 0.595 e. The average Bonchev–Trinajstić information content (AvgIpc) is 2.92. The number of quaternary nitrogens is 1. The molecular weight excluding hydrogens is 560 g/mol. The molecule has 8 nitrogen and oxygen atoms in total. The van der Waals surface area contributed by atoms with Crippen LogP contribution >= 0.6 is 0 Å². The average molecular weight is 586 g/mol. The van der Waals surface area contributed by atoms with Crippen LogP contribution < -0.4 is 24.9 Å². The zero-order chi connectivity index (χ0) is 29.9. The molecule has 0 saturated carbocycles. The number of carbonyl (C=O) groups excluding carboxylic acids is 1. The van der Waals surface area contributed by atoms with Gasteiger partial charge in [0.25, 0.3) is 5.91 Å². The Balaban J connectivity index is 1.63. The quantitative estimate of drug-likeness (QED) is 0.227. The van der Waals surface area contributed by atoms with Gasteiger partial charge in [0.05, 0.1) is 29.6 Å². The molecule has 1 unspecified atom stereocenters. The van der Waals surface area contributed by atoms with E-state index in [1.807, 2.05) is 4.90 Å². The Labute approximate surface area is 230 Å². The van der Waals surface area contributed by atoms with E-state index >= 15 is 0 Å². The molecule has 1 heterocycles. The first-order valence-electron chi connectivity index (χ1n) is 12.4. The normalized spacial score (nSPS) is 14.9. The summed E-state index contributed by atoms with van der Waals surface area (Å²) in [4.78, 5) is 15.0. The number of halogens is 6. The minimum absolute atomic E-state index is 0.0313. The molecule has 1 amide bonds. The standard InChI is InChI=1S/C27H25F6N3O5/c1-40-24-11-16(5-8-23(24)41-20-13-18(27(31,32)33)12-19(15-20)36(38)39)25(37)34-21-14-17(26(28,29)30)6-7-22(21)35-9-3-2-4-10-35/h5-8,11-15,36,38H,2-4,9-10H2,1H3,(H,34,37). The number of carbonyl (C=O) groups is 1. The SMILES string of the molecule is COc1cc(C(=O)Nc2cc(C(F)(F)F)ccc2N2CCCCC2)ccc1Oc1cc([NH+]([O-])O)cc(C(F)(F)F)c1. The number of ether oxygens (including phenoxy) is 2. The van der Waals surface area contributed by atoms with E-state index in [1.54, 1.807) is 0 Å². The first-order valence-corrected chi connectivity index (χ1v) is 12.4. The van der Waals surface area contributed by atoms with Crippen molar-refractivity contribution >= 4 is 23.0 Å². The van der Waals surface area contributed by atoms with Gasteiger partial charge < -0.3 is 24.9 Å². The van der Waals surface area contributed by atoms with Crippen LogP contribution in [-0.4, -0.2) is 31.3 Å². The van der Waals surface area contributed by atoms with Crippen molar-refractivity contribution in [3.8, 4) is 17.2 Å². The molecular formula is C27H25F6N3O5. The maximum atomic E-state index is 13.4. The van der Waals surface area contributed by atoms with Gasteiger partial charge in [-0.2, -0.15) is 31.6 Å². The van der Waals surface area contributed by atoms with E-state index in [0.717, 1.165) is 37.5 Å². The van der Waals surface area contributed by atoms with Gasteiger partial charge in [0, 0.05) is 30.8 Å². The van der Waals surface area contributed by atoms with Gasteiger partial charge in [0.2, 0.25) is 0 Å². The molecule has 41 heavy (non-hydrogen) atoms. The number of rotatable bonds is 7. The van der Waals surface area contributed by atoms with Gasteiger partial charge in [-0.15, -0.1) is 0 Å². The van der Waals surface area contributed by atoms with Crippen molar-refractivity contribution in [1.29, 1.82) is 0 Å². The molecule has 14 heteroatoms. The lowest BCUT2D eigenvalue weighted by atomic mass is 10.1. The first kappa shape index (κ1) is 30.0. The molecule has 4 rings (SSSR count). The van der Waals surface area contributed by atoms with Crippen molar-refractivity contribution in [3.05, 3.63) is 76.5 Å². The van der Waals surface area contributed by atoms with Gasteiger partial charge in [-0.1, -0.05) is 0 Å². The number of nitrogens with zero attached hydrogens (tertiary/aromatic N) is 1. The van der Waals surface area contributed by atoms with Crippen molar-refractivity contribution in [2.45, 2.75) is 31.6 Å². The highest BCUT2D eigenvalue weighted by molar-refractivity contribution is 6.06. The van der Waals surface area contributed by atoms with Crippen LogP contribution in [0, 0.1) is 5.21 Å². The third-order valence-corrected chi connectivity index (χ3v) is 6.40. The smallest absolute Gasteiger partial charge is 0.416 e. The van der Waals surface area contributed by atoms with Crippen LogP contribution in [0.15, 0.2) is 54.6 Å². The number of amides is 1. The van der Waals surface area contributed by atoms with E-state index in [4.69, 9.17) is 9.47 Å². The third-order valence-electron chi connectivity index (χ3n) is 6.40. The van der Waals surface area contributed by atoms with Crippen LogP contribution in [0.4, 0.5) is 43.4 Å². The van der Waals surface area contributed by atoms with E-state index < -0.39 is 46.1 Å². The van der Waals surface area contributed by atoms with E-state index in [9.17, 15) is 41.6 Å². The predicted molar refractivity (Wildman–Crippen MR) is 136 cm³/mol. The fraction of sp³-hybridized carbons (Fsp3) is 0.296. The number of hydrogen-bond donors (Lipinski definition) is 3. The van der Waals surface area contributed by atoms with Crippen molar-refractivity contribution in [2.24, 2.45) is 0 Å². The zero-order valence-electron chi connectivity index (χ0n) is 21.5. The molecule has 220 valence electrons. The van der Waals surface area contributed by atoms with Gasteiger partial charge >= 0.3 is 12.4 Å². The summed E-state index contributed by atoms with van der Waals surface area (Å²) in [7, 11) is 1.21. The Kier molecular flexibility index (Phi) is 8.66. The lowest BCUT2D eigenvalue weighted by Crippen LogP contribution is -2.99. The molecule has 0 aliphatic carbocycles. The molecule has 0 spiro atoms. The summed E-state index contributed by atoms with van der Waals surface area (Å²) in [5, 5.41) is 21.4. The number of methoxy groups -OCH3 is 1. The van der Waals surface area contributed by atoms with E-state index in [1.165, 1.54) is 31.4 Å². The summed E-state index contributed by atoms with van der Waals surface area (Å²) in [5.74, 6) is -1.43. The maximum absolute atomic E-state index is 13.4. The topological polar surface area (TPSA) is 98.5 Å². The molecule has 0 bridgehead atoms. The van der Waals surface area contributed by atoms with Crippen LogP contribution in [0.3, 0.4) is 0 Å². The molecule has 1 aliphatic rings. The predicted octanol–water partition coefficient (Wildman–Crippen LogP) is 6.17. The van der Waals surface area contributed by atoms with Crippen molar-refractivity contribution in [1.82, 2.24) is 0 Å². The minimum atomic E-state index is -4.84. The highest BCUT2D eigenvalue weighted by Crippen LogP contribution is 2.39. The molecule has 3 aromatic carbocycles. The summed E-state index contributed by atoms with van der Waals surface area (Å²) in [6.45, 7) is 1.24. The Bertz CT molecular complexity index is 1410. The number of benzene rings is 3. The molecule has 1 saturated heterocycles. The molecule has 3 aromatic rings. The van der Waals surface area contributed by atoms with Crippen LogP contribution in [0.5, 0.6) is 17.2 Å². The number of piperidine rings is 1. The second-order valence-electron chi connectivity index (χ2n) is 9.25. The Morgan fingerprint density at radius 3 is 2.20 bits per heavy atom. The van der Waals surface area contributed by atoms with Gasteiger partial charge in [-0.05, 0) is 61.7 Å². The summed E-state index contributed by atoms with van der Waals surface area (Å²) >= 11 is 0. The van der Waals surface area contributed by atoms with Crippen molar-refractivity contribution in [3.63, 3.8) is 0 Å². The van der Waals surface area contributed by atoms with Crippen molar-refractivity contribution < 1.29 is 51.0 Å². The minimum Gasteiger partial charge on any atom is -0.595 e. The molecule has 3 N–H and O–H groups in total. The summed E-state index contributed by atoms with van der Waals surface area (Å²) in [5.41, 5.74) is -2.46. The fourth-order valence-electron chi connectivity index (χ4n) is 4.38. The maximum Gasteiger partial charge on any atom is 0.416 e. The summed E-state index contributed by atoms with van der Waals surface area (Å²) in [6, 6.07) is 8.77. The highest BCUT2D eigenvalue weighted by atomic mass is 19.4. The summed E-state index contributed by atoms with van der Waals surface area (Å²) < 4.78 is 90.8. The van der Waals surface area contributed by atoms with Crippen LogP contribution in [0.2, 0.25) is 0 Å². The first-order chi connectivity index (χ1) is 19.3. The van der Waals surface area contributed by atoms with Crippen LogP contribution in [0.1, 0.15) is 40.7 Å². The van der Waals surface area contributed by atoms with Gasteiger partial charge in [-0.25, -0.2) is 5.21 Å². The second kappa shape index (κ2) is 11.8. The highest BCUT2D eigenvalue weighted by Gasteiger charge is 2.33. The monoisotopic (exact) mass is 585 g/mol. The zero-order valence-corrected chi connectivity index (χ0v) is 21.5. The Hall–Kier alpha value is -4.01. The third kappa shape index (κ3) is 7.20. The Morgan fingerprint density at radius 2 is 1.59 bits per heavy atom. The van der Waals surface area contributed by atoms with E-state index in [0.29, 0.717) is 30.9 Å². The number of alkyl halides is 6. The lowest BCUT2D eigenvalue weighted by molar-refractivity contribution is -0.991.